The van der Waals surface area contributed by atoms with E-state index in [4.69, 9.17) is 4.74 Å². The molecule has 1 saturated heterocycles. The minimum atomic E-state index is -3.97. The van der Waals surface area contributed by atoms with Gasteiger partial charge in [-0.15, -0.1) is 0 Å². The molecule has 1 aliphatic carbocycles. The smallest absolute Gasteiger partial charge is 0.341 e. The Kier molecular flexibility index (Phi) is 5.37. The van der Waals surface area contributed by atoms with Crippen LogP contribution in [-0.4, -0.2) is 50.6 Å². The Bertz CT molecular complexity index is 1160. The van der Waals surface area contributed by atoms with Crippen LogP contribution in [0.15, 0.2) is 41.3 Å². The van der Waals surface area contributed by atoms with Gasteiger partial charge in [0.2, 0.25) is 0 Å². The van der Waals surface area contributed by atoms with E-state index >= 15 is 0 Å². The molecule has 0 unspecified atom stereocenters. The molecule has 170 valence electrons. The zero-order valence-electron chi connectivity index (χ0n) is 18.1. The first kappa shape index (κ1) is 21.3. The molecule has 32 heavy (non-hydrogen) atoms. The monoisotopic (exact) mass is 456 g/mol. The maximum atomic E-state index is 13.4. The molecule has 3 atom stereocenters. The Balaban J connectivity index is 1.45. The average Bonchev–Trinajstić information content (AvgIpc) is 3.43. The summed E-state index contributed by atoms with van der Waals surface area (Å²) in [6.07, 6.45) is 2.71. The van der Waals surface area contributed by atoms with E-state index in [0.29, 0.717) is 36.5 Å². The number of likely N-dealkylation sites (tertiary alicyclic amines) is 1. The standard InChI is InChI=1S/C24H28N2O5S/c1-2-26-10-9-15(13-26)11-16-5-3-4-6-21(16)32(29,30)25-20-8-7-18-19-12-17(19)14-31-23(18)22(20)24(27)28/h3-8,15,17,19,25H,2,9-14H2,1H3,(H,27,28)/t15-,17-,19-/m0/s1. The van der Waals surface area contributed by atoms with Crippen LogP contribution in [0.2, 0.25) is 0 Å². The average molecular weight is 457 g/mol. The molecule has 0 aromatic heterocycles. The fourth-order valence-electron chi connectivity index (χ4n) is 5.16. The van der Waals surface area contributed by atoms with Gasteiger partial charge < -0.3 is 14.7 Å². The summed E-state index contributed by atoms with van der Waals surface area (Å²) >= 11 is 0. The first-order valence-electron chi connectivity index (χ1n) is 11.2. The fourth-order valence-corrected chi connectivity index (χ4v) is 6.48. The van der Waals surface area contributed by atoms with Crippen LogP contribution in [0.25, 0.3) is 0 Å². The molecule has 0 radical (unpaired) electrons. The number of fused-ring (bicyclic) bond motifs is 3. The molecule has 2 aliphatic heterocycles. The third kappa shape index (κ3) is 3.86. The SMILES string of the molecule is CCN1CC[C@@H](Cc2ccccc2S(=O)(=O)Nc2ccc3c(c2C(=O)O)OC[C@@H]2C[C@H]32)C1. The fraction of sp³-hybridized carbons (Fsp3) is 0.458. The van der Waals surface area contributed by atoms with Gasteiger partial charge in [0.05, 0.1) is 17.2 Å². The lowest BCUT2D eigenvalue weighted by Gasteiger charge is -2.21. The number of benzene rings is 2. The highest BCUT2D eigenvalue weighted by Crippen LogP contribution is 2.55. The molecule has 2 heterocycles. The molecular weight excluding hydrogens is 428 g/mol. The second-order valence-electron chi connectivity index (χ2n) is 9.09. The number of hydrogen-bond donors (Lipinski definition) is 2. The molecule has 7 nitrogen and oxygen atoms in total. The van der Waals surface area contributed by atoms with Crippen molar-refractivity contribution in [2.45, 2.75) is 37.0 Å². The minimum Gasteiger partial charge on any atom is -0.492 e. The number of carboxylic acids is 1. The van der Waals surface area contributed by atoms with Gasteiger partial charge in [0, 0.05) is 12.5 Å². The number of hydrogen-bond acceptors (Lipinski definition) is 5. The third-order valence-electron chi connectivity index (χ3n) is 7.00. The zero-order chi connectivity index (χ0) is 22.5. The first-order chi connectivity index (χ1) is 15.4. The highest BCUT2D eigenvalue weighted by molar-refractivity contribution is 7.92. The summed E-state index contributed by atoms with van der Waals surface area (Å²) in [6, 6.07) is 10.4. The van der Waals surface area contributed by atoms with Crippen LogP contribution in [0.4, 0.5) is 5.69 Å². The van der Waals surface area contributed by atoms with E-state index in [1.165, 1.54) is 0 Å². The summed E-state index contributed by atoms with van der Waals surface area (Å²) < 4.78 is 35.0. The van der Waals surface area contributed by atoms with Crippen molar-refractivity contribution in [3.05, 3.63) is 53.1 Å². The lowest BCUT2D eigenvalue weighted by molar-refractivity contribution is 0.0692. The topological polar surface area (TPSA) is 95.9 Å². The summed E-state index contributed by atoms with van der Waals surface area (Å²) in [5, 5.41) is 9.86. The summed E-state index contributed by atoms with van der Waals surface area (Å²) in [7, 11) is -3.97. The summed E-state index contributed by atoms with van der Waals surface area (Å²) in [5.41, 5.74) is 1.56. The number of anilines is 1. The number of ether oxygens (including phenoxy) is 1. The van der Waals surface area contributed by atoms with E-state index < -0.39 is 16.0 Å². The van der Waals surface area contributed by atoms with Crippen molar-refractivity contribution in [1.82, 2.24) is 4.90 Å². The Hall–Kier alpha value is -2.58. The van der Waals surface area contributed by atoms with Gasteiger partial charge in [-0.1, -0.05) is 31.2 Å². The van der Waals surface area contributed by atoms with E-state index in [-0.39, 0.29) is 16.1 Å². The van der Waals surface area contributed by atoms with Crippen LogP contribution in [-0.2, 0) is 16.4 Å². The first-order valence-corrected chi connectivity index (χ1v) is 12.7. The van der Waals surface area contributed by atoms with Gasteiger partial charge in [0.1, 0.15) is 11.3 Å². The summed E-state index contributed by atoms with van der Waals surface area (Å²) in [5.74, 6) is 0.271. The van der Waals surface area contributed by atoms with Crippen LogP contribution in [0, 0.1) is 11.8 Å². The Morgan fingerprint density at radius 2 is 2.06 bits per heavy atom. The number of carboxylic acid groups (broad SMARTS) is 1. The number of nitrogens with one attached hydrogen (secondary N) is 1. The molecule has 0 bridgehead atoms. The second-order valence-corrected chi connectivity index (χ2v) is 10.7. The summed E-state index contributed by atoms with van der Waals surface area (Å²) in [4.78, 5) is 14.6. The van der Waals surface area contributed by atoms with Gasteiger partial charge in [-0.3, -0.25) is 4.72 Å². The van der Waals surface area contributed by atoms with Crippen molar-refractivity contribution in [1.29, 1.82) is 0 Å². The van der Waals surface area contributed by atoms with Gasteiger partial charge in [-0.05, 0) is 67.4 Å². The highest BCUT2D eigenvalue weighted by Gasteiger charge is 2.45. The second kappa shape index (κ2) is 8.08. The molecule has 5 rings (SSSR count). The maximum Gasteiger partial charge on any atom is 0.341 e. The van der Waals surface area contributed by atoms with Crippen molar-refractivity contribution in [2.75, 3.05) is 31.0 Å². The predicted octanol–water partition coefficient (Wildman–Crippen LogP) is 3.57. The van der Waals surface area contributed by atoms with Crippen molar-refractivity contribution >= 4 is 21.7 Å². The van der Waals surface area contributed by atoms with Gasteiger partial charge in [0.15, 0.2) is 0 Å². The number of carbonyl (C=O) groups is 1. The lowest BCUT2D eigenvalue weighted by Crippen LogP contribution is -2.21. The molecule has 2 N–H and O–H groups in total. The normalized spacial score (nSPS) is 24.3. The van der Waals surface area contributed by atoms with Gasteiger partial charge >= 0.3 is 5.97 Å². The van der Waals surface area contributed by atoms with Crippen LogP contribution in [0.1, 0.15) is 47.2 Å². The number of sulfonamides is 1. The van der Waals surface area contributed by atoms with Crippen molar-refractivity contribution in [3.63, 3.8) is 0 Å². The molecule has 2 aromatic rings. The molecule has 1 saturated carbocycles. The number of aromatic carboxylic acids is 1. The van der Waals surface area contributed by atoms with Crippen molar-refractivity contribution in [3.8, 4) is 5.75 Å². The molecule has 0 amide bonds. The molecule has 2 fully saturated rings. The van der Waals surface area contributed by atoms with Crippen LogP contribution in [0.3, 0.4) is 0 Å². The van der Waals surface area contributed by atoms with E-state index in [1.54, 1.807) is 24.3 Å². The quantitative estimate of drug-likeness (QED) is 0.661. The Labute approximate surface area is 188 Å². The van der Waals surface area contributed by atoms with E-state index in [2.05, 4.69) is 16.5 Å². The minimum absolute atomic E-state index is 0.0446. The predicted molar refractivity (Wildman–Crippen MR) is 121 cm³/mol. The largest absolute Gasteiger partial charge is 0.492 e. The molecule has 0 spiro atoms. The summed E-state index contributed by atoms with van der Waals surface area (Å²) in [6.45, 7) is 5.61. The molecule has 2 aromatic carbocycles. The molecular formula is C24H28N2O5S. The van der Waals surface area contributed by atoms with Crippen LogP contribution >= 0.6 is 0 Å². The van der Waals surface area contributed by atoms with Crippen LogP contribution < -0.4 is 9.46 Å². The van der Waals surface area contributed by atoms with E-state index in [1.807, 2.05) is 12.1 Å². The number of rotatable bonds is 7. The Morgan fingerprint density at radius 3 is 2.81 bits per heavy atom. The zero-order valence-corrected chi connectivity index (χ0v) is 18.9. The van der Waals surface area contributed by atoms with E-state index in [0.717, 1.165) is 43.6 Å². The molecule has 3 aliphatic rings. The van der Waals surface area contributed by atoms with E-state index in [9.17, 15) is 18.3 Å². The van der Waals surface area contributed by atoms with Gasteiger partial charge in [0.25, 0.3) is 10.0 Å². The van der Waals surface area contributed by atoms with Crippen molar-refractivity contribution < 1.29 is 23.1 Å². The van der Waals surface area contributed by atoms with Gasteiger partial charge in [-0.25, -0.2) is 13.2 Å². The van der Waals surface area contributed by atoms with Crippen LogP contribution in [0.5, 0.6) is 5.75 Å². The Morgan fingerprint density at radius 1 is 1.25 bits per heavy atom. The van der Waals surface area contributed by atoms with Gasteiger partial charge in [-0.2, -0.15) is 0 Å². The maximum absolute atomic E-state index is 13.4. The molecule has 8 heteroatoms. The highest BCUT2D eigenvalue weighted by atomic mass is 32.2. The number of nitrogens with zero attached hydrogens (tertiary/aromatic N) is 1. The third-order valence-corrected chi connectivity index (χ3v) is 8.46. The van der Waals surface area contributed by atoms with Crippen molar-refractivity contribution in [2.24, 2.45) is 11.8 Å². The lowest BCUT2D eigenvalue weighted by atomic mass is 9.99.